The highest BCUT2D eigenvalue weighted by molar-refractivity contribution is 5.35. The van der Waals surface area contributed by atoms with Gasteiger partial charge in [-0.05, 0) is 29.7 Å². The third-order valence-corrected chi connectivity index (χ3v) is 2.81. The van der Waals surface area contributed by atoms with Crippen molar-refractivity contribution in [3.63, 3.8) is 0 Å². The lowest BCUT2D eigenvalue weighted by molar-refractivity contribution is 0.294. The van der Waals surface area contributed by atoms with Crippen LogP contribution in [0.4, 0.5) is 0 Å². The van der Waals surface area contributed by atoms with Gasteiger partial charge >= 0.3 is 0 Å². The molecule has 0 unspecified atom stereocenters. The molecule has 0 aliphatic heterocycles. The molecule has 1 aromatic carbocycles. The van der Waals surface area contributed by atoms with Crippen molar-refractivity contribution in [2.75, 3.05) is 6.61 Å². The summed E-state index contributed by atoms with van der Waals surface area (Å²) in [6, 6.07) is 12.3. The third-order valence-electron chi connectivity index (χ3n) is 2.81. The van der Waals surface area contributed by atoms with Gasteiger partial charge < -0.3 is 9.30 Å². The summed E-state index contributed by atoms with van der Waals surface area (Å²) in [5.74, 6) is 1.51. The Morgan fingerprint density at radius 3 is 2.47 bits per heavy atom. The number of hydrogen-bond acceptors (Lipinski definition) is 1. The van der Waals surface area contributed by atoms with Gasteiger partial charge in [0.1, 0.15) is 12.4 Å². The van der Waals surface area contributed by atoms with Gasteiger partial charge in [-0.25, -0.2) is 0 Å². The minimum Gasteiger partial charge on any atom is -0.491 e. The van der Waals surface area contributed by atoms with Gasteiger partial charge in [0.05, 0.1) is 6.54 Å². The number of nitrogens with zero attached hydrogens (tertiary/aromatic N) is 1. The fraction of sp³-hybridized carbons (Fsp3) is 0.333. The molecule has 1 heterocycles. The smallest absolute Gasteiger partial charge is 0.122 e. The van der Waals surface area contributed by atoms with Crippen molar-refractivity contribution in [1.29, 1.82) is 0 Å². The number of rotatable bonds is 5. The van der Waals surface area contributed by atoms with Gasteiger partial charge in [0.2, 0.25) is 0 Å². The maximum atomic E-state index is 5.85. The van der Waals surface area contributed by atoms with Gasteiger partial charge in [0.25, 0.3) is 0 Å². The Kier molecular flexibility index (Phi) is 3.86. The highest BCUT2D eigenvalue weighted by atomic mass is 16.5. The van der Waals surface area contributed by atoms with Crippen molar-refractivity contribution in [2.45, 2.75) is 26.3 Å². The summed E-state index contributed by atoms with van der Waals surface area (Å²) in [5.41, 5.74) is 1.28. The molecule has 2 heteroatoms. The third kappa shape index (κ3) is 3.13. The van der Waals surface area contributed by atoms with Crippen LogP contribution in [0.3, 0.4) is 0 Å². The summed E-state index contributed by atoms with van der Waals surface area (Å²) in [4.78, 5) is 0. The monoisotopic (exact) mass is 229 g/mol. The molecule has 0 spiro atoms. The molecule has 0 saturated carbocycles. The average molecular weight is 229 g/mol. The van der Waals surface area contributed by atoms with Crippen molar-refractivity contribution < 1.29 is 4.74 Å². The highest BCUT2D eigenvalue weighted by Crippen LogP contribution is 2.25. The van der Waals surface area contributed by atoms with Crippen LogP contribution >= 0.6 is 0 Å². The molecule has 0 fully saturated rings. The van der Waals surface area contributed by atoms with Crippen LogP contribution in [0.25, 0.3) is 0 Å². The van der Waals surface area contributed by atoms with Crippen LogP contribution < -0.4 is 4.74 Å². The van der Waals surface area contributed by atoms with Crippen LogP contribution in [-0.4, -0.2) is 11.2 Å². The molecule has 2 nitrogen and oxygen atoms in total. The zero-order valence-corrected chi connectivity index (χ0v) is 10.5. The molecule has 1 aromatic heterocycles. The molecule has 0 aliphatic carbocycles. The quantitative estimate of drug-likeness (QED) is 0.762. The summed E-state index contributed by atoms with van der Waals surface area (Å²) in [6.45, 7) is 5.97. The van der Waals surface area contributed by atoms with E-state index in [4.69, 9.17) is 4.74 Å². The number of ether oxygens (including phenoxy) is 1. The largest absolute Gasteiger partial charge is 0.491 e. The van der Waals surface area contributed by atoms with E-state index in [-0.39, 0.29) is 0 Å². The van der Waals surface area contributed by atoms with Crippen molar-refractivity contribution in [1.82, 2.24) is 4.57 Å². The molecule has 0 radical (unpaired) electrons. The molecule has 0 saturated heterocycles. The summed E-state index contributed by atoms with van der Waals surface area (Å²) in [5, 5.41) is 0. The molecule has 0 amide bonds. The first-order valence-corrected chi connectivity index (χ1v) is 6.10. The molecule has 0 aliphatic rings. The lowest BCUT2D eigenvalue weighted by Crippen LogP contribution is -2.07. The van der Waals surface area contributed by atoms with Crippen LogP contribution in [-0.2, 0) is 6.54 Å². The first-order chi connectivity index (χ1) is 8.27. The second-order valence-electron chi connectivity index (χ2n) is 4.46. The van der Waals surface area contributed by atoms with Crippen molar-refractivity contribution in [3.8, 4) is 5.75 Å². The molecule has 2 aromatic rings. The molecular formula is C15H19NO. The second kappa shape index (κ2) is 5.58. The molecule has 17 heavy (non-hydrogen) atoms. The fourth-order valence-corrected chi connectivity index (χ4v) is 1.87. The SMILES string of the molecule is CC(C)c1ccccc1OCCn1cccc1. The summed E-state index contributed by atoms with van der Waals surface area (Å²) >= 11 is 0. The Morgan fingerprint density at radius 2 is 1.76 bits per heavy atom. The van der Waals surface area contributed by atoms with Crippen LogP contribution in [0.15, 0.2) is 48.8 Å². The predicted octanol–water partition coefficient (Wildman–Crippen LogP) is 3.69. The Hall–Kier alpha value is -1.70. The second-order valence-corrected chi connectivity index (χ2v) is 4.46. The van der Waals surface area contributed by atoms with E-state index in [1.807, 2.05) is 24.3 Å². The van der Waals surface area contributed by atoms with Gasteiger partial charge in [0.15, 0.2) is 0 Å². The summed E-state index contributed by atoms with van der Waals surface area (Å²) in [7, 11) is 0. The van der Waals surface area contributed by atoms with Gasteiger partial charge in [0, 0.05) is 12.4 Å². The minimum absolute atomic E-state index is 0.498. The number of hydrogen-bond donors (Lipinski definition) is 0. The van der Waals surface area contributed by atoms with Gasteiger partial charge in [-0.2, -0.15) is 0 Å². The van der Waals surface area contributed by atoms with E-state index in [0.717, 1.165) is 12.3 Å². The molecule has 0 N–H and O–H groups in total. The predicted molar refractivity (Wildman–Crippen MR) is 70.5 cm³/mol. The lowest BCUT2D eigenvalue weighted by Gasteiger charge is -2.14. The van der Waals surface area contributed by atoms with E-state index in [1.165, 1.54) is 5.56 Å². The van der Waals surface area contributed by atoms with Crippen molar-refractivity contribution in [2.24, 2.45) is 0 Å². The molecule has 2 rings (SSSR count). The fourth-order valence-electron chi connectivity index (χ4n) is 1.87. The van der Waals surface area contributed by atoms with E-state index in [1.54, 1.807) is 0 Å². The Labute approximate surface area is 103 Å². The van der Waals surface area contributed by atoms with E-state index in [9.17, 15) is 0 Å². The standard InChI is InChI=1S/C15H19NO/c1-13(2)14-7-3-4-8-15(14)17-12-11-16-9-5-6-10-16/h3-10,13H,11-12H2,1-2H3. The maximum Gasteiger partial charge on any atom is 0.122 e. The van der Waals surface area contributed by atoms with Crippen molar-refractivity contribution >= 4 is 0 Å². The van der Waals surface area contributed by atoms with Crippen LogP contribution in [0.5, 0.6) is 5.75 Å². The highest BCUT2D eigenvalue weighted by Gasteiger charge is 2.06. The number of benzene rings is 1. The Balaban J connectivity index is 1.94. The zero-order valence-electron chi connectivity index (χ0n) is 10.5. The maximum absolute atomic E-state index is 5.85. The Morgan fingerprint density at radius 1 is 1.06 bits per heavy atom. The van der Waals surface area contributed by atoms with Crippen LogP contribution in [0.2, 0.25) is 0 Å². The summed E-state index contributed by atoms with van der Waals surface area (Å²) < 4.78 is 7.97. The van der Waals surface area contributed by atoms with E-state index in [0.29, 0.717) is 12.5 Å². The molecule has 90 valence electrons. The first-order valence-electron chi connectivity index (χ1n) is 6.10. The van der Waals surface area contributed by atoms with Crippen molar-refractivity contribution in [3.05, 3.63) is 54.4 Å². The topological polar surface area (TPSA) is 14.2 Å². The lowest BCUT2D eigenvalue weighted by atomic mass is 10.0. The molecule has 0 bridgehead atoms. The van der Waals surface area contributed by atoms with Gasteiger partial charge in [-0.15, -0.1) is 0 Å². The minimum atomic E-state index is 0.498. The average Bonchev–Trinajstić information content (AvgIpc) is 2.82. The van der Waals surface area contributed by atoms with Gasteiger partial charge in [-0.3, -0.25) is 0 Å². The van der Waals surface area contributed by atoms with E-state index < -0.39 is 0 Å². The zero-order chi connectivity index (χ0) is 12.1. The summed E-state index contributed by atoms with van der Waals surface area (Å²) in [6.07, 6.45) is 4.11. The first kappa shape index (κ1) is 11.8. The Bertz CT molecular complexity index is 446. The number of para-hydroxylation sites is 1. The van der Waals surface area contributed by atoms with E-state index in [2.05, 4.69) is 42.9 Å². The van der Waals surface area contributed by atoms with E-state index >= 15 is 0 Å². The number of aromatic nitrogens is 1. The molecular weight excluding hydrogens is 210 g/mol. The normalized spacial score (nSPS) is 10.8. The van der Waals surface area contributed by atoms with Crippen LogP contribution in [0.1, 0.15) is 25.3 Å². The van der Waals surface area contributed by atoms with Gasteiger partial charge in [-0.1, -0.05) is 32.0 Å². The molecule has 0 atom stereocenters. The van der Waals surface area contributed by atoms with Crippen LogP contribution in [0, 0.1) is 0 Å².